The van der Waals surface area contributed by atoms with Crippen molar-refractivity contribution in [2.24, 2.45) is 11.7 Å². The highest BCUT2D eigenvalue weighted by atomic mass is 16.2. The van der Waals surface area contributed by atoms with Gasteiger partial charge < -0.3 is 16.4 Å². The van der Waals surface area contributed by atoms with Crippen LogP contribution in [0.4, 0.5) is 0 Å². The van der Waals surface area contributed by atoms with E-state index < -0.39 is 0 Å². The van der Waals surface area contributed by atoms with E-state index in [0.717, 1.165) is 0 Å². The first kappa shape index (κ1) is 18.5. The molecule has 0 heterocycles. The highest BCUT2D eigenvalue weighted by molar-refractivity contribution is 5.94. The summed E-state index contributed by atoms with van der Waals surface area (Å²) in [4.78, 5) is 23.8. The van der Waals surface area contributed by atoms with Gasteiger partial charge in [0.1, 0.15) is 0 Å². The van der Waals surface area contributed by atoms with E-state index >= 15 is 0 Å². The summed E-state index contributed by atoms with van der Waals surface area (Å²) < 4.78 is 0. The summed E-state index contributed by atoms with van der Waals surface area (Å²) in [6.07, 6.45) is 2.60. The predicted octanol–water partition coefficient (Wildman–Crippen LogP) is 1.96. The molecule has 132 valence electrons. The Kier molecular flexibility index (Phi) is 5.99. The lowest BCUT2D eigenvalue weighted by atomic mass is 9.87. The molecule has 1 unspecified atom stereocenters. The van der Waals surface area contributed by atoms with E-state index in [4.69, 9.17) is 5.73 Å². The van der Waals surface area contributed by atoms with Gasteiger partial charge in [-0.05, 0) is 41.9 Å². The van der Waals surface area contributed by atoms with E-state index in [1.54, 1.807) is 0 Å². The minimum absolute atomic E-state index is 0.0601. The highest BCUT2D eigenvalue weighted by Crippen LogP contribution is 2.31. The van der Waals surface area contributed by atoms with Crippen molar-refractivity contribution < 1.29 is 9.59 Å². The maximum Gasteiger partial charge on any atom is 0.251 e. The largest absolute Gasteiger partial charge is 0.354 e. The van der Waals surface area contributed by atoms with Crippen LogP contribution in [0, 0.1) is 5.92 Å². The minimum atomic E-state index is -0.155. The zero-order valence-electron chi connectivity index (χ0n) is 14.9. The Bertz CT molecular complexity index is 571. The average Bonchev–Trinajstić information content (AvgIpc) is 3.36. The molecule has 5 heteroatoms. The monoisotopic (exact) mass is 331 g/mol. The molecular weight excluding hydrogens is 302 g/mol. The lowest BCUT2D eigenvalue weighted by Gasteiger charge is -2.19. The maximum atomic E-state index is 12.1. The van der Waals surface area contributed by atoms with Crippen molar-refractivity contribution >= 4 is 11.8 Å². The van der Waals surface area contributed by atoms with Gasteiger partial charge in [0.25, 0.3) is 5.91 Å². The number of rotatable bonds is 7. The third-order valence-corrected chi connectivity index (χ3v) is 4.41. The van der Waals surface area contributed by atoms with Crippen molar-refractivity contribution in [3.05, 3.63) is 35.4 Å². The number of hydrogen-bond acceptors (Lipinski definition) is 3. The predicted molar refractivity (Wildman–Crippen MR) is 95.8 cm³/mol. The van der Waals surface area contributed by atoms with Gasteiger partial charge in [-0.3, -0.25) is 9.59 Å². The van der Waals surface area contributed by atoms with Gasteiger partial charge in [0.05, 0.1) is 0 Å². The number of nitrogens with two attached hydrogens (primary N) is 1. The van der Waals surface area contributed by atoms with Crippen molar-refractivity contribution in [3.63, 3.8) is 0 Å². The first-order chi connectivity index (χ1) is 11.3. The molecule has 4 N–H and O–H groups in total. The number of hydrogen-bond donors (Lipinski definition) is 3. The molecule has 1 fully saturated rings. The molecule has 1 atom stereocenters. The SMILES string of the molecule is CC(C)(C)c1ccc(C(=O)NCCC(=O)NCC(N)C2CC2)cc1. The van der Waals surface area contributed by atoms with Gasteiger partial charge in [0.15, 0.2) is 0 Å². The number of nitrogens with one attached hydrogen (secondary N) is 2. The van der Waals surface area contributed by atoms with E-state index in [1.807, 2.05) is 24.3 Å². The lowest BCUT2D eigenvalue weighted by molar-refractivity contribution is -0.121. The van der Waals surface area contributed by atoms with Crippen molar-refractivity contribution in [3.8, 4) is 0 Å². The molecule has 1 aliphatic rings. The van der Waals surface area contributed by atoms with Gasteiger partial charge in [0, 0.05) is 31.1 Å². The molecule has 1 saturated carbocycles. The van der Waals surface area contributed by atoms with Crippen molar-refractivity contribution in [2.75, 3.05) is 13.1 Å². The molecule has 0 aliphatic heterocycles. The Labute approximate surface area is 144 Å². The van der Waals surface area contributed by atoms with Crippen LogP contribution in [0.3, 0.4) is 0 Å². The van der Waals surface area contributed by atoms with Gasteiger partial charge in [-0.15, -0.1) is 0 Å². The fourth-order valence-corrected chi connectivity index (χ4v) is 2.52. The second kappa shape index (κ2) is 7.79. The van der Waals surface area contributed by atoms with Crippen LogP contribution in [-0.4, -0.2) is 30.9 Å². The molecule has 0 radical (unpaired) electrons. The Hall–Kier alpha value is -1.88. The average molecular weight is 331 g/mol. The Morgan fingerprint density at radius 1 is 1.17 bits per heavy atom. The normalized spacial score (nSPS) is 15.7. The van der Waals surface area contributed by atoms with E-state index in [2.05, 4.69) is 31.4 Å². The number of amides is 2. The maximum absolute atomic E-state index is 12.1. The van der Waals surface area contributed by atoms with Gasteiger partial charge in [-0.25, -0.2) is 0 Å². The first-order valence-corrected chi connectivity index (χ1v) is 8.68. The molecule has 24 heavy (non-hydrogen) atoms. The van der Waals surface area contributed by atoms with Crippen molar-refractivity contribution in [1.29, 1.82) is 0 Å². The molecule has 2 rings (SSSR count). The number of benzene rings is 1. The van der Waals surface area contributed by atoms with E-state index in [-0.39, 0.29) is 29.7 Å². The van der Waals surface area contributed by atoms with Crippen molar-refractivity contribution in [2.45, 2.75) is 51.5 Å². The molecule has 0 bridgehead atoms. The summed E-state index contributed by atoms with van der Waals surface area (Å²) in [5.41, 5.74) is 7.80. The van der Waals surface area contributed by atoms with Crippen LogP contribution in [-0.2, 0) is 10.2 Å². The standard InChI is InChI=1S/C19H29N3O2/c1-19(2,3)15-8-6-14(7-9-15)18(24)21-11-10-17(23)22-12-16(20)13-4-5-13/h6-9,13,16H,4-5,10-12,20H2,1-3H3,(H,21,24)(H,22,23). The minimum Gasteiger partial charge on any atom is -0.354 e. The van der Waals surface area contributed by atoms with E-state index in [0.29, 0.717) is 24.6 Å². The van der Waals surface area contributed by atoms with Gasteiger partial charge in [-0.2, -0.15) is 0 Å². The molecular formula is C19H29N3O2. The smallest absolute Gasteiger partial charge is 0.251 e. The number of carbonyl (C=O) groups is 2. The molecule has 0 spiro atoms. The highest BCUT2D eigenvalue weighted by Gasteiger charge is 2.28. The zero-order valence-corrected chi connectivity index (χ0v) is 14.9. The van der Waals surface area contributed by atoms with Crippen LogP contribution < -0.4 is 16.4 Å². The Balaban J connectivity index is 1.69. The molecule has 1 aromatic carbocycles. The molecule has 1 aliphatic carbocycles. The fourth-order valence-electron chi connectivity index (χ4n) is 2.52. The van der Waals surface area contributed by atoms with E-state index in [1.165, 1.54) is 18.4 Å². The van der Waals surface area contributed by atoms with Crippen LogP contribution in [0.1, 0.15) is 56.0 Å². The summed E-state index contributed by atoms with van der Waals surface area (Å²) >= 11 is 0. The van der Waals surface area contributed by atoms with E-state index in [9.17, 15) is 9.59 Å². The molecule has 0 aromatic heterocycles. The van der Waals surface area contributed by atoms with Crippen LogP contribution in [0.2, 0.25) is 0 Å². The third kappa shape index (κ3) is 5.64. The van der Waals surface area contributed by atoms with Crippen LogP contribution in [0.25, 0.3) is 0 Å². The lowest BCUT2D eigenvalue weighted by Crippen LogP contribution is -2.39. The van der Waals surface area contributed by atoms with Crippen LogP contribution in [0.5, 0.6) is 0 Å². The fraction of sp³-hybridized carbons (Fsp3) is 0.579. The topological polar surface area (TPSA) is 84.2 Å². The van der Waals surface area contributed by atoms with Crippen LogP contribution in [0.15, 0.2) is 24.3 Å². The molecule has 2 amide bonds. The number of carbonyl (C=O) groups excluding carboxylic acids is 2. The van der Waals surface area contributed by atoms with Gasteiger partial charge >= 0.3 is 0 Å². The molecule has 5 nitrogen and oxygen atoms in total. The summed E-state index contributed by atoms with van der Waals surface area (Å²) in [7, 11) is 0. The Morgan fingerprint density at radius 2 is 1.79 bits per heavy atom. The Morgan fingerprint density at radius 3 is 2.33 bits per heavy atom. The van der Waals surface area contributed by atoms with Crippen LogP contribution >= 0.6 is 0 Å². The third-order valence-electron chi connectivity index (χ3n) is 4.41. The quantitative estimate of drug-likeness (QED) is 0.714. The summed E-state index contributed by atoms with van der Waals surface area (Å²) in [6, 6.07) is 7.65. The summed E-state index contributed by atoms with van der Waals surface area (Å²) in [6.45, 7) is 7.25. The van der Waals surface area contributed by atoms with Gasteiger partial charge in [0.2, 0.25) is 5.91 Å². The van der Waals surface area contributed by atoms with Crippen molar-refractivity contribution in [1.82, 2.24) is 10.6 Å². The second-order valence-electron chi connectivity index (χ2n) is 7.64. The van der Waals surface area contributed by atoms with Gasteiger partial charge in [-0.1, -0.05) is 32.9 Å². The first-order valence-electron chi connectivity index (χ1n) is 8.68. The molecule has 1 aromatic rings. The zero-order chi connectivity index (χ0) is 17.7. The summed E-state index contributed by atoms with van der Waals surface area (Å²) in [5.74, 6) is 0.341. The summed E-state index contributed by atoms with van der Waals surface area (Å²) in [5, 5.41) is 5.61. The molecule has 0 saturated heterocycles. The second-order valence-corrected chi connectivity index (χ2v) is 7.64.